The fourth-order valence-corrected chi connectivity index (χ4v) is 4.46. The highest BCUT2D eigenvalue weighted by atomic mass is 32.1. The van der Waals surface area contributed by atoms with E-state index in [0.717, 1.165) is 38.7 Å². The van der Waals surface area contributed by atoms with Crippen LogP contribution in [-0.2, 0) is 6.54 Å². The highest BCUT2D eigenvalue weighted by Crippen LogP contribution is 2.39. The highest BCUT2D eigenvalue weighted by Gasteiger charge is 2.54. The van der Waals surface area contributed by atoms with Crippen molar-refractivity contribution in [1.82, 2.24) is 5.01 Å². The van der Waals surface area contributed by atoms with Gasteiger partial charge in [-0.05, 0) is 23.6 Å². The third kappa shape index (κ3) is 4.43. The Morgan fingerprint density at radius 1 is 1.19 bits per heavy atom. The van der Waals surface area contributed by atoms with Gasteiger partial charge in [-0.3, -0.25) is 4.79 Å². The van der Waals surface area contributed by atoms with Crippen LogP contribution in [0.2, 0.25) is 0 Å². The number of aliphatic hydroxyl groups is 1. The van der Waals surface area contributed by atoms with Gasteiger partial charge in [0.2, 0.25) is 5.60 Å². The van der Waals surface area contributed by atoms with Crippen molar-refractivity contribution in [1.29, 1.82) is 0 Å². The fraction of sp³-hybridized carbons (Fsp3) is 0.227. The van der Waals surface area contributed by atoms with Gasteiger partial charge in [0.15, 0.2) is 6.29 Å². The zero-order valence-electron chi connectivity index (χ0n) is 16.7. The van der Waals surface area contributed by atoms with Crippen molar-refractivity contribution in [2.24, 2.45) is 11.6 Å². The van der Waals surface area contributed by atoms with Gasteiger partial charge in [-0.1, -0.05) is 49.4 Å². The van der Waals surface area contributed by atoms with Crippen LogP contribution >= 0.6 is 11.3 Å². The molecule has 0 spiro atoms. The maximum absolute atomic E-state index is 13.2. The van der Waals surface area contributed by atoms with Crippen molar-refractivity contribution in [3.8, 4) is 11.1 Å². The fourth-order valence-electron chi connectivity index (χ4n) is 3.35. The molecule has 1 unspecified atom stereocenters. The predicted molar refractivity (Wildman–Crippen MR) is 116 cm³/mol. The molecule has 1 aromatic heterocycles. The van der Waals surface area contributed by atoms with Gasteiger partial charge in [-0.15, -0.1) is 11.3 Å². The summed E-state index contributed by atoms with van der Waals surface area (Å²) in [7, 11) is 0. The Morgan fingerprint density at radius 2 is 1.87 bits per heavy atom. The minimum absolute atomic E-state index is 0.0588. The smallest absolute Gasteiger partial charge is 0.398 e. The molecule has 5 nitrogen and oxygen atoms in total. The van der Waals surface area contributed by atoms with E-state index in [-0.39, 0.29) is 6.54 Å². The molecule has 0 bridgehead atoms. The molecule has 3 aromatic rings. The summed E-state index contributed by atoms with van der Waals surface area (Å²) in [4.78, 5) is 12.2. The Balaban J connectivity index is 1.90. The van der Waals surface area contributed by atoms with E-state index in [1.165, 1.54) is 18.3 Å². The average Bonchev–Trinajstić information content (AvgIpc) is 3.10. The Morgan fingerprint density at radius 3 is 2.45 bits per heavy atom. The predicted octanol–water partition coefficient (Wildman–Crippen LogP) is 4.56. The van der Waals surface area contributed by atoms with Gasteiger partial charge in [0, 0.05) is 21.8 Å². The van der Waals surface area contributed by atoms with E-state index in [0.29, 0.717) is 10.4 Å². The molecule has 0 saturated carbocycles. The van der Waals surface area contributed by atoms with Gasteiger partial charge >= 0.3 is 6.18 Å². The van der Waals surface area contributed by atoms with Gasteiger partial charge in [-0.2, -0.15) is 13.2 Å². The van der Waals surface area contributed by atoms with Crippen LogP contribution in [0.1, 0.15) is 28.6 Å². The molecule has 0 amide bonds. The quantitative estimate of drug-likeness (QED) is 0.279. The third-order valence-corrected chi connectivity index (χ3v) is 6.16. The molecule has 31 heavy (non-hydrogen) atoms. The number of alkyl halides is 3. The monoisotopic (exact) mass is 449 g/mol. The molecule has 0 aliphatic carbocycles. The second kappa shape index (κ2) is 8.70. The molecule has 9 heteroatoms. The first-order valence-corrected chi connectivity index (χ1v) is 10.3. The number of hydrogen-bond donors (Lipinski definition) is 3. The molecule has 0 radical (unpaired) electrons. The molecule has 1 heterocycles. The molecule has 0 aliphatic rings. The van der Waals surface area contributed by atoms with Crippen molar-refractivity contribution in [2.45, 2.75) is 31.7 Å². The van der Waals surface area contributed by atoms with E-state index in [1.807, 2.05) is 42.5 Å². The van der Waals surface area contributed by atoms with E-state index in [9.17, 15) is 23.1 Å². The molecular formula is C22H22F3N3O2S. The van der Waals surface area contributed by atoms with Crippen LogP contribution in [0, 0.1) is 0 Å². The van der Waals surface area contributed by atoms with Gasteiger partial charge in [0.05, 0.1) is 17.1 Å². The first kappa shape index (κ1) is 22.8. The number of nitrogens with zero attached hydrogens (tertiary/aromatic N) is 1. The number of hydrazine groups is 1. The Hall–Kier alpha value is -2.88. The number of carbonyl (C=O) groups is 1. The second-order valence-corrected chi connectivity index (χ2v) is 8.21. The maximum atomic E-state index is 13.2. The van der Waals surface area contributed by atoms with Crippen LogP contribution in [0.3, 0.4) is 0 Å². The zero-order valence-corrected chi connectivity index (χ0v) is 17.5. The SMILES string of the molecule is CCC(O)(/C(N)=C/N(N)Cc1ccc2c(-c3ccccc3)c(C=O)sc2c1)C(F)(F)F. The second-order valence-electron chi connectivity index (χ2n) is 7.12. The maximum Gasteiger partial charge on any atom is 0.422 e. The van der Waals surface area contributed by atoms with Crippen LogP contribution in [0.4, 0.5) is 13.2 Å². The molecule has 0 saturated heterocycles. The lowest BCUT2D eigenvalue weighted by molar-refractivity contribution is -0.245. The van der Waals surface area contributed by atoms with Crippen molar-refractivity contribution in [3.05, 3.63) is 70.9 Å². The molecule has 0 aliphatic heterocycles. The van der Waals surface area contributed by atoms with Crippen LogP contribution in [0.15, 0.2) is 60.4 Å². The molecule has 2 aromatic carbocycles. The number of benzene rings is 2. The Bertz CT molecular complexity index is 1110. The van der Waals surface area contributed by atoms with Crippen molar-refractivity contribution in [3.63, 3.8) is 0 Å². The minimum atomic E-state index is -4.92. The largest absolute Gasteiger partial charge is 0.422 e. The summed E-state index contributed by atoms with van der Waals surface area (Å²) in [6.45, 7) is 1.25. The normalized spacial score (nSPS) is 14.5. The number of hydrogen-bond acceptors (Lipinski definition) is 6. The standard InChI is InChI=1S/C22H22F3N3O2S/c1-2-21(30,22(23,24)25)19(26)12-28(27)11-14-8-9-16-17(10-14)31-18(13-29)20(16)15-6-4-3-5-7-15/h3-10,12-13,30H,2,11,26-27H2,1H3/b19-12-. The summed E-state index contributed by atoms with van der Waals surface area (Å²) in [5.41, 5.74) is 4.08. The molecular weight excluding hydrogens is 427 g/mol. The van der Waals surface area contributed by atoms with Crippen LogP contribution in [0.25, 0.3) is 21.2 Å². The van der Waals surface area contributed by atoms with E-state index in [1.54, 1.807) is 6.07 Å². The summed E-state index contributed by atoms with van der Waals surface area (Å²) < 4.78 is 40.3. The third-order valence-electron chi connectivity index (χ3n) is 5.08. The van der Waals surface area contributed by atoms with E-state index >= 15 is 0 Å². The topological polar surface area (TPSA) is 92.6 Å². The number of halogens is 3. The molecule has 164 valence electrons. The van der Waals surface area contributed by atoms with Gasteiger partial charge in [0.25, 0.3) is 0 Å². The molecule has 5 N–H and O–H groups in total. The summed E-state index contributed by atoms with van der Waals surface area (Å²) in [6.07, 6.45) is -3.85. The van der Waals surface area contributed by atoms with Crippen molar-refractivity contribution < 1.29 is 23.1 Å². The summed E-state index contributed by atoms with van der Waals surface area (Å²) in [5.74, 6) is 5.84. The minimum Gasteiger partial charge on any atom is -0.398 e. The van der Waals surface area contributed by atoms with Gasteiger partial charge in [0.1, 0.15) is 0 Å². The number of aldehydes is 1. The number of rotatable bonds is 7. The first-order chi connectivity index (χ1) is 14.6. The lowest BCUT2D eigenvalue weighted by Gasteiger charge is -2.30. The highest BCUT2D eigenvalue weighted by molar-refractivity contribution is 7.21. The lowest BCUT2D eigenvalue weighted by atomic mass is 9.96. The first-order valence-electron chi connectivity index (χ1n) is 9.45. The van der Waals surface area contributed by atoms with Gasteiger partial charge < -0.3 is 15.8 Å². The van der Waals surface area contributed by atoms with E-state index < -0.39 is 23.9 Å². The average molecular weight is 449 g/mol. The number of thiophene rings is 1. The Labute approximate surface area is 181 Å². The van der Waals surface area contributed by atoms with Crippen LogP contribution in [0.5, 0.6) is 0 Å². The summed E-state index contributed by atoms with van der Waals surface area (Å²) in [6, 6.07) is 15.0. The van der Waals surface area contributed by atoms with Gasteiger partial charge in [-0.25, -0.2) is 5.84 Å². The van der Waals surface area contributed by atoms with E-state index in [2.05, 4.69) is 0 Å². The molecule has 0 fully saturated rings. The summed E-state index contributed by atoms with van der Waals surface area (Å²) >= 11 is 1.33. The van der Waals surface area contributed by atoms with E-state index in [4.69, 9.17) is 11.6 Å². The zero-order chi connectivity index (χ0) is 22.8. The van der Waals surface area contributed by atoms with Crippen LogP contribution < -0.4 is 11.6 Å². The van der Waals surface area contributed by atoms with Crippen molar-refractivity contribution >= 4 is 27.7 Å². The van der Waals surface area contributed by atoms with Crippen LogP contribution in [-0.4, -0.2) is 28.2 Å². The molecule has 3 rings (SSSR count). The number of carbonyl (C=O) groups excluding carboxylic acids is 1. The molecule has 1 atom stereocenters. The number of nitrogens with two attached hydrogens (primary N) is 2. The lowest BCUT2D eigenvalue weighted by Crippen LogP contribution is -2.49. The summed E-state index contributed by atoms with van der Waals surface area (Å²) in [5, 5.41) is 11.8. The number of fused-ring (bicyclic) bond motifs is 1. The van der Waals surface area contributed by atoms with Crippen molar-refractivity contribution in [2.75, 3.05) is 0 Å². The Kier molecular flexibility index (Phi) is 6.40.